The maximum Gasteiger partial charge on any atom is 0.237 e. The Kier molecular flexibility index (Phi) is 3.32. The summed E-state index contributed by atoms with van der Waals surface area (Å²) in [5.41, 5.74) is 8.68. The summed E-state index contributed by atoms with van der Waals surface area (Å²) in [7, 11) is 0. The van der Waals surface area contributed by atoms with Gasteiger partial charge in [0.05, 0.1) is 6.54 Å². The third kappa shape index (κ3) is 2.68. The van der Waals surface area contributed by atoms with Gasteiger partial charge in [-0.25, -0.2) is 4.39 Å². The van der Waals surface area contributed by atoms with Gasteiger partial charge in [-0.2, -0.15) is 0 Å². The molecule has 2 atom stereocenters. The fourth-order valence-corrected chi connectivity index (χ4v) is 6.45. The van der Waals surface area contributed by atoms with E-state index in [9.17, 15) is 9.18 Å². The number of halogens is 1. The van der Waals surface area contributed by atoms with E-state index in [0.29, 0.717) is 19.6 Å². The highest BCUT2D eigenvalue weighted by Gasteiger charge is 2.56. The second kappa shape index (κ2) is 5.27. The zero-order chi connectivity index (χ0) is 17.2. The van der Waals surface area contributed by atoms with Gasteiger partial charge in [-0.3, -0.25) is 4.79 Å². The van der Waals surface area contributed by atoms with Crippen LogP contribution in [-0.4, -0.2) is 28.4 Å². The maximum atomic E-state index is 13.4. The SMILES string of the molecule is NC12CC3CC(C1)CC(NCC(=O)N1Cc4ccc(F)cc4C1)(C3)C2. The van der Waals surface area contributed by atoms with E-state index < -0.39 is 0 Å². The minimum absolute atomic E-state index is 0.0124. The number of rotatable bonds is 3. The molecule has 4 aliphatic carbocycles. The first-order valence-electron chi connectivity index (χ1n) is 9.51. The molecule has 134 valence electrons. The molecule has 0 aromatic heterocycles. The van der Waals surface area contributed by atoms with Crippen LogP contribution in [0.3, 0.4) is 0 Å². The van der Waals surface area contributed by atoms with Crippen LogP contribution in [0.1, 0.15) is 49.7 Å². The van der Waals surface area contributed by atoms with E-state index in [1.807, 2.05) is 4.90 Å². The molecular formula is C20H26FN3O. The zero-order valence-corrected chi connectivity index (χ0v) is 14.6. The van der Waals surface area contributed by atoms with Gasteiger partial charge in [0.1, 0.15) is 5.82 Å². The lowest BCUT2D eigenvalue weighted by atomic mass is 9.50. The number of hydrogen-bond acceptors (Lipinski definition) is 3. The minimum atomic E-state index is -0.229. The molecule has 1 heterocycles. The zero-order valence-electron chi connectivity index (χ0n) is 14.6. The van der Waals surface area contributed by atoms with Gasteiger partial charge >= 0.3 is 0 Å². The van der Waals surface area contributed by atoms with E-state index in [2.05, 4.69) is 5.32 Å². The topological polar surface area (TPSA) is 58.4 Å². The third-order valence-corrected chi connectivity index (χ3v) is 6.96. The Morgan fingerprint density at radius 2 is 1.92 bits per heavy atom. The third-order valence-electron chi connectivity index (χ3n) is 6.96. The van der Waals surface area contributed by atoms with Gasteiger partial charge in [0.2, 0.25) is 5.91 Å². The van der Waals surface area contributed by atoms with E-state index in [-0.39, 0.29) is 22.8 Å². The van der Waals surface area contributed by atoms with Crippen LogP contribution >= 0.6 is 0 Å². The number of carbonyl (C=O) groups is 1. The van der Waals surface area contributed by atoms with Crippen molar-refractivity contribution in [1.82, 2.24) is 10.2 Å². The van der Waals surface area contributed by atoms with Gasteiger partial charge < -0.3 is 16.0 Å². The average Bonchev–Trinajstić information content (AvgIpc) is 2.93. The molecule has 1 aromatic carbocycles. The molecule has 1 aliphatic heterocycles. The normalized spacial score (nSPS) is 38.2. The summed E-state index contributed by atoms with van der Waals surface area (Å²) in [5.74, 6) is 1.34. The van der Waals surface area contributed by atoms with Gasteiger partial charge in [-0.15, -0.1) is 0 Å². The Labute approximate surface area is 147 Å². The molecule has 4 nitrogen and oxygen atoms in total. The van der Waals surface area contributed by atoms with Gasteiger partial charge in [-0.05, 0) is 73.6 Å². The van der Waals surface area contributed by atoms with E-state index >= 15 is 0 Å². The van der Waals surface area contributed by atoms with Gasteiger partial charge in [0.25, 0.3) is 0 Å². The maximum absolute atomic E-state index is 13.4. The molecule has 4 fully saturated rings. The fourth-order valence-electron chi connectivity index (χ4n) is 6.45. The molecule has 0 radical (unpaired) electrons. The molecule has 3 N–H and O–H groups in total. The van der Waals surface area contributed by atoms with Crippen molar-refractivity contribution in [2.45, 2.75) is 62.7 Å². The van der Waals surface area contributed by atoms with Crippen molar-refractivity contribution in [2.75, 3.05) is 6.54 Å². The molecule has 5 heteroatoms. The van der Waals surface area contributed by atoms with Gasteiger partial charge in [-0.1, -0.05) is 6.07 Å². The number of hydrogen-bond donors (Lipinski definition) is 2. The molecule has 5 aliphatic rings. The van der Waals surface area contributed by atoms with Crippen molar-refractivity contribution >= 4 is 5.91 Å². The van der Waals surface area contributed by atoms with Crippen molar-refractivity contribution < 1.29 is 9.18 Å². The Balaban J connectivity index is 1.24. The second-order valence-electron chi connectivity index (χ2n) is 9.12. The number of benzene rings is 1. The molecule has 1 aromatic rings. The highest BCUT2D eigenvalue weighted by molar-refractivity contribution is 5.79. The van der Waals surface area contributed by atoms with E-state index in [0.717, 1.165) is 42.2 Å². The van der Waals surface area contributed by atoms with Crippen LogP contribution in [0.2, 0.25) is 0 Å². The molecule has 6 rings (SSSR count). The summed E-state index contributed by atoms with van der Waals surface area (Å²) >= 11 is 0. The first-order valence-corrected chi connectivity index (χ1v) is 9.51. The van der Waals surface area contributed by atoms with Crippen LogP contribution in [0.5, 0.6) is 0 Å². The second-order valence-corrected chi connectivity index (χ2v) is 9.12. The number of fused-ring (bicyclic) bond motifs is 1. The quantitative estimate of drug-likeness (QED) is 0.885. The minimum Gasteiger partial charge on any atom is -0.333 e. The number of nitrogens with one attached hydrogen (secondary N) is 1. The summed E-state index contributed by atoms with van der Waals surface area (Å²) in [6.07, 6.45) is 6.99. The highest BCUT2D eigenvalue weighted by Crippen LogP contribution is 2.56. The van der Waals surface area contributed by atoms with Crippen molar-refractivity contribution in [1.29, 1.82) is 0 Å². The standard InChI is InChI=1S/C20H26FN3O/c21-17-2-1-15-10-24(11-16(15)4-17)18(25)9-23-20-7-13-3-14(8-20)6-19(22,5-13)12-20/h1-2,4,13-14,23H,3,5-12,22H2. The highest BCUT2D eigenvalue weighted by atomic mass is 19.1. The van der Waals surface area contributed by atoms with Gasteiger partial charge in [0, 0.05) is 24.2 Å². The number of amides is 1. The molecule has 1 amide bonds. The molecule has 25 heavy (non-hydrogen) atoms. The Hall–Kier alpha value is -1.46. The predicted octanol–water partition coefficient (Wildman–Crippen LogP) is 2.31. The van der Waals surface area contributed by atoms with Crippen LogP contribution < -0.4 is 11.1 Å². The van der Waals surface area contributed by atoms with Crippen molar-refractivity contribution in [2.24, 2.45) is 17.6 Å². The molecular weight excluding hydrogens is 317 g/mol. The number of nitrogens with two attached hydrogens (primary N) is 1. The summed E-state index contributed by atoms with van der Waals surface area (Å²) in [5, 5.41) is 3.62. The van der Waals surface area contributed by atoms with Crippen LogP contribution in [0, 0.1) is 17.7 Å². The Morgan fingerprint density at radius 3 is 2.64 bits per heavy atom. The smallest absolute Gasteiger partial charge is 0.237 e. The lowest BCUT2D eigenvalue weighted by Gasteiger charge is -2.61. The number of nitrogens with zero attached hydrogens (tertiary/aromatic N) is 1. The Bertz CT molecular complexity index is 720. The summed E-state index contributed by atoms with van der Waals surface area (Å²) in [4.78, 5) is 14.5. The summed E-state index contributed by atoms with van der Waals surface area (Å²) in [6, 6.07) is 4.82. The van der Waals surface area contributed by atoms with Crippen molar-refractivity contribution in [3.05, 3.63) is 35.1 Å². The largest absolute Gasteiger partial charge is 0.333 e. The van der Waals surface area contributed by atoms with Gasteiger partial charge in [0.15, 0.2) is 0 Å². The fraction of sp³-hybridized carbons (Fsp3) is 0.650. The summed E-state index contributed by atoms with van der Waals surface area (Å²) < 4.78 is 13.4. The predicted molar refractivity (Wildman–Crippen MR) is 93.0 cm³/mol. The number of carbonyl (C=O) groups excluding carboxylic acids is 1. The molecule has 0 spiro atoms. The van der Waals surface area contributed by atoms with E-state index in [4.69, 9.17) is 5.73 Å². The van der Waals surface area contributed by atoms with E-state index in [1.54, 1.807) is 12.1 Å². The van der Waals surface area contributed by atoms with Crippen LogP contribution in [0.4, 0.5) is 4.39 Å². The Morgan fingerprint density at radius 1 is 1.20 bits per heavy atom. The molecule has 4 saturated carbocycles. The monoisotopic (exact) mass is 343 g/mol. The summed E-state index contributed by atoms with van der Waals surface area (Å²) in [6.45, 7) is 1.48. The molecule has 2 unspecified atom stereocenters. The van der Waals surface area contributed by atoms with Crippen LogP contribution in [0.25, 0.3) is 0 Å². The molecule has 0 saturated heterocycles. The van der Waals surface area contributed by atoms with Crippen molar-refractivity contribution in [3.63, 3.8) is 0 Å². The first-order chi connectivity index (χ1) is 11.9. The molecule has 4 bridgehead atoms. The average molecular weight is 343 g/mol. The van der Waals surface area contributed by atoms with E-state index in [1.165, 1.54) is 25.3 Å². The van der Waals surface area contributed by atoms with Crippen molar-refractivity contribution in [3.8, 4) is 0 Å². The van der Waals surface area contributed by atoms with Crippen LogP contribution in [0.15, 0.2) is 18.2 Å². The lowest BCUT2D eigenvalue weighted by molar-refractivity contribution is -0.132. The van der Waals surface area contributed by atoms with Crippen LogP contribution in [-0.2, 0) is 17.9 Å². The first kappa shape index (κ1) is 15.8. The lowest BCUT2D eigenvalue weighted by Crippen LogP contribution is -2.68.